The largest absolute Gasteiger partial charge is 0.480 e. The average Bonchev–Trinajstić information content (AvgIpc) is 2.38. The Morgan fingerprint density at radius 3 is 2.63 bits per heavy atom. The smallest absolute Gasteiger partial charge is 0.425 e. The molecule has 1 aromatic heterocycles. The molecule has 1 heterocycles. The molecule has 0 aliphatic heterocycles. The zero-order chi connectivity index (χ0) is 14.0. The van der Waals surface area contributed by atoms with E-state index >= 15 is 0 Å². The van der Waals surface area contributed by atoms with E-state index in [1.165, 1.54) is 6.20 Å². The van der Waals surface area contributed by atoms with Gasteiger partial charge in [0.05, 0.1) is 5.52 Å². The van der Waals surface area contributed by atoms with Gasteiger partial charge in [0.1, 0.15) is 5.75 Å². The lowest BCUT2D eigenvalue weighted by Gasteiger charge is -2.20. The molecule has 2 N–H and O–H groups in total. The van der Waals surface area contributed by atoms with Crippen LogP contribution in [0.25, 0.3) is 10.9 Å². The van der Waals surface area contributed by atoms with Crippen LogP contribution in [0.15, 0.2) is 30.5 Å². The number of aromatic nitrogens is 1. The van der Waals surface area contributed by atoms with Crippen LogP contribution in [0.1, 0.15) is 12.5 Å². The molecular formula is C13H13F3N2O. The molecule has 0 aliphatic rings. The van der Waals surface area contributed by atoms with Crippen LogP contribution in [0.2, 0.25) is 0 Å². The molecule has 1 unspecified atom stereocenters. The van der Waals surface area contributed by atoms with Crippen LogP contribution in [-0.2, 0) is 6.54 Å². The van der Waals surface area contributed by atoms with E-state index in [0.717, 1.165) is 6.92 Å². The van der Waals surface area contributed by atoms with Gasteiger partial charge >= 0.3 is 6.18 Å². The Balaban J connectivity index is 2.50. The van der Waals surface area contributed by atoms with Gasteiger partial charge in [-0.2, -0.15) is 13.2 Å². The van der Waals surface area contributed by atoms with E-state index in [9.17, 15) is 13.2 Å². The van der Waals surface area contributed by atoms with Crippen molar-refractivity contribution in [1.82, 2.24) is 4.98 Å². The molecule has 1 atom stereocenters. The monoisotopic (exact) mass is 270 g/mol. The maximum absolute atomic E-state index is 12.6. The van der Waals surface area contributed by atoms with Crippen molar-refractivity contribution in [1.29, 1.82) is 0 Å². The molecule has 0 fully saturated rings. The molecule has 1 aromatic carbocycles. The Bertz CT molecular complexity index is 584. The number of para-hydroxylation sites is 1. The molecule has 19 heavy (non-hydrogen) atoms. The highest BCUT2D eigenvalue weighted by molar-refractivity contribution is 5.86. The second-order valence-corrected chi connectivity index (χ2v) is 4.14. The van der Waals surface area contributed by atoms with Gasteiger partial charge in [0.15, 0.2) is 6.10 Å². The molecule has 0 saturated heterocycles. The Hall–Kier alpha value is -1.82. The molecule has 0 amide bonds. The van der Waals surface area contributed by atoms with Crippen LogP contribution < -0.4 is 10.5 Å². The van der Waals surface area contributed by atoms with E-state index in [-0.39, 0.29) is 12.3 Å². The molecular weight excluding hydrogens is 257 g/mol. The minimum Gasteiger partial charge on any atom is -0.480 e. The molecule has 2 aromatic rings. The highest BCUT2D eigenvalue weighted by Gasteiger charge is 2.38. The van der Waals surface area contributed by atoms with E-state index < -0.39 is 12.3 Å². The van der Waals surface area contributed by atoms with Crippen LogP contribution in [0.3, 0.4) is 0 Å². The molecule has 0 aliphatic carbocycles. The lowest BCUT2D eigenvalue weighted by molar-refractivity contribution is -0.189. The summed E-state index contributed by atoms with van der Waals surface area (Å²) in [6.45, 7) is 1.03. The highest BCUT2D eigenvalue weighted by atomic mass is 19.4. The number of halogens is 3. The van der Waals surface area contributed by atoms with E-state index in [0.29, 0.717) is 16.5 Å². The van der Waals surface area contributed by atoms with E-state index in [1.54, 1.807) is 24.3 Å². The molecule has 0 saturated carbocycles. The molecule has 0 radical (unpaired) electrons. The number of nitrogens with zero attached hydrogens (tertiary/aromatic N) is 1. The van der Waals surface area contributed by atoms with Crippen molar-refractivity contribution in [3.05, 3.63) is 36.0 Å². The zero-order valence-corrected chi connectivity index (χ0v) is 10.2. The van der Waals surface area contributed by atoms with Crippen molar-refractivity contribution in [3.63, 3.8) is 0 Å². The molecule has 102 valence electrons. The number of hydrogen-bond donors (Lipinski definition) is 1. The second kappa shape index (κ2) is 5.05. The number of rotatable bonds is 3. The van der Waals surface area contributed by atoms with Crippen LogP contribution in [0.4, 0.5) is 13.2 Å². The lowest BCUT2D eigenvalue weighted by atomic mass is 10.1. The SMILES string of the molecule is CC(Oc1c(CN)cnc2ccccc12)C(F)(F)F. The van der Waals surface area contributed by atoms with Crippen molar-refractivity contribution in [3.8, 4) is 5.75 Å². The Kier molecular flexibility index (Phi) is 3.61. The summed E-state index contributed by atoms with van der Waals surface area (Å²) in [6, 6.07) is 6.85. The molecule has 3 nitrogen and oxygen atoms in total. The predicted octanol–water partition coefficient (Wildman–Crippen LogP) is 3.02. The van der Waals surface area contributed by atoms with Gasteiger partial charge in [-0.1, -0.05) is 12.1 Å². The van der Waals surface area contributed by atoms with Crippen molar-refractivity contribution < 1.29 is 17.9 Å². The summed E-state index contributed by atoms with van der Waals surface area (Å²) in [6.07, 6.45) is -4.87. The number of hydrogen-bond acceptors (Lipinski definition) is 3. The van der Waals surface area contributed by atoms with Crippen molar-refractivity contribution >= 4 is 10.9 Å². The summed E-state index contributed by atoms with van der Waals surface area (Å²) in [5.74, 6) is 0.151. The Labute approximate surface area is 108 Å². The number of nitrogens with two attached hydrogens (primary N) is 1. The van der Waals surface area contributed by atoms with Gasteiger partial charge in [-0.15, -0.1) is 0 Å². The minimum absolute atomic E-state index is 0.0672. The lowest BCUT2D eigenvalue weighted by Crippen LogP contribution is -2.31. The van der Waals surface area contributed by atoms with E-state index in [4.69, 9.17) is 10.5 Å². The summed E-state index contributed by atoms with van der Waals surface area (Å²) in [4.78, 5) is 4.14. The Morgan fingerprint density at radius 1 is 1.32 bits per heavy atom. The highest BCUT2D eigenvalue weighted by Crippen LogP contribution is 2.32. The summed E-state index contributed by atoms with van der Waals surface area (Å²) < 4.78 is 42.9. The van der Waals surface area contributed by atoms with E-state index in [1.807, 2.05) is 0 Å². The van der Waals surface area contributed by atoms with Gasteiger partial charge in [-0.25, -0.2) is 0 Å². The van der Waals surface area contributed by atoms with Gasteiger partial charge in [-0.3, -0.25) is 4.98 Å². The zero-order valence-electron chi connectivity index (χ0n) is 10.2. The number of fused-ring (bicyclic) bond motifs is 1. The first kappa shape index (κ1) is 13.6. The third kappa shape index (κ3) is 2.78. The van der Waals surface area contributed by atoms with Gasteiger partial charge < -0.3 is 10.5 Å². The summed E-state index contributed by atoms with van der Waals surface area (Å²) in [5, 5.41) is 0.529. The van der Waals surface area contributed by atoms with Crippen LogP contribution in [0.5, 0.6) is 5.75 Å². The standard InChI is InChI=1S/C13H13F3N2O/c1-8(13(14,15)16)19-12-9(6-17)7-18-11-5-3-2-4-10(11)12/h2-5,7-8H,6,17H2,1H3. The van der Waals surface area contributed by atoms with Gasteiger partial charge in [-0.05, 0) is 19.1 Å². The van der Waals surface area contributed by atoms with Crippen LogP contribution in [-0.4, -0.2) is 17.3 Å². The van der Waals surface area contributed by atoms with Crippen molar-refractivity contribution in [2.75, 3.05) is 0 Å². The first-order valence-electron chi connectivity index (χ1n) is 5.73. The van der Waals surface area contributed by atoms with Gasteiger partial charge in [0, 0.05) is 23.7 Å². The molecule has 6 heteroatoms. The van der Waals surface area contributed by atoms with Gasteiger partial charge in [0.2, 0.25) is 0 Å². The predicted molar refractivity (Wildman–Crippen MR) is 65.8 cm³/mol. The first-order valence-corrected chi connectivity index (χ1v) is 5.73. The normalized spacial score (nSPS) is 13.5. The molecule has 2 rings (SSSR count). The Morgan fingerprint density at radius 2 is 2.00 bits per heavy atom. The quantitative estimate of drug-likeness (QED) is 0.932. The summed E-state index contributed by atoms with van der Waals surface area (Å²) in [5.41, 5.74) is 6.55. The van der Waals surface area contributed by atoms with E-state index in [2.05, 4.69) is 4.98 Å². The fourth-order valence-corrected chi connectivity index (χ4v) is 1.69. The van der Waals surface area contributed by atoms with Gasteiger partial charge in [0.25, 0.3) is 0 Å². The van der Waals surface area contributed by atoms with Crippen molar-refractivity contribution in [2.45, 2.75) is 25.7 Å². The summed E-state index contributed by atoms with van der Waals surface area (Å²) >= 11 is 0. The number of pyridine rings is 1. The third-order valence-electron chi connectivity index (χ3n) is 2.78. The first-order chi connectivity index (χ1) is 8.93. The second-order valence-electron chi connectivity index (χ2n) is 4.14. The minimum atomic E-state index is -4.42. The maximum atomic E-state index is 12.6. The number of ether oxygens (including phenoxy) is 1. The fraction of sp³-hybridized carbons (Fsp3) is 0.308. The topological polar surface area (TPSA) is 48.1 Å². The number of alkyl halides is 3. The third-order valence-corrected chi connectivity index (χ3v) is 2.78. The maximum Gasteiger partial charge on any atom is 0.425 e. The fourth-order valence-electron chi connectivity index (χ4n) is 1.69. The molecule has 0 bridgehead atoms. The molecule has 0 spiro atoms. The number of benzene rings is 1. The van der Waals surface area contributed by atoms with Crippen LogP contribution >= 0.6 is 0 Å². The van der Waals surface area contributed by atoms with Crippen molar-refractivity contribution in [2.24, 2.45) is 5.73 Å². The summed E-state index contributed by atoms with van der Waals surface area (Å²) in [7, 11) is 0. The van der Waals surface area contributed by atoms with Crippen LogP contribution in [0, 0.1) is 0 Å². The average molecular weight is 270 g/mol.